The van der Waals surface area contributed by atoms with Crippen LogP contribution in [0.15, 0.2) is 70.0 Å². The summed E-state index contributed by atoms with van der Waals surface area (Å²) in [5, 5.41) is 11.9. The monoisotopic (exact) mass is 643 g/mol. The van der Waals surface area contributed by atoms with Crippen LogP contribution >= 0.6 is 39.9 Å². The predicted molar refractivity (Wildman–Crippen MR) is 158 cm³/mol. The van der Waals surface area contributed by atoms with Crippen LogP contribution in [0.3, 0.4) is 0 Å². The van der Waals surface area contributed by atoms with Crippen LogP contribution in [-0.2, 0) is 11.4 Å². The highest BCUT2D eigenvalue weighted by molar-refractivity contribution is 9.10. The van der Waals surface area contributed by atoms with Crippen molar-refractivity contribution in [1.82, 2.24) is 10.4 Å². The Morgan fingerprint density at radius 1 is 1.15 bits per heavy atom. The first kappa shape index (κ1) is 29.1. The molecule has 40 heavy (non-hydrogen) atoms. The Bertz CT molecular complexity index is 1500. The van der Waals surface area contributed by atoms with Gasteiger partial charge in [0.25, 0.3) is 17.5 Å². The van der Waals surface area contributed by atoms with Crippen LogP contribution in [0.2, 0.25) is 0 Å². The molecule has 13 heteroatoms. The van der Waals surface area contributed by atoms with Gasteiger partial charge in [-0.1, -0.05) is 11.8 Å². The number of nitrogens with zero attached hydrogens (tertiary/aromatic N) is 2. The molecule has 0 spiro atoms. The van der Waals surface area contributed by atoms with E-state index in [0.29, 0.717) is 44.4 Å². The van der Waals surface area contributed by atoms with Crippen molar-refractivity contribution in [3.05, 3.63) is 96.8 Å². The number of nitro groups is 1. The lowest BCUT2D eigenvalue weighted by molar-refractivity contribution is -0.384. The molecule has 1 aliphatic rings. The Hall–Kier alpha value is -3.94. The maximum Gasteiger partial charge on any atom is 0.285 e. The number of rotatable bonds is 10. The fourth-order valence-corrected chi connectivity index (χ4v) is 5.32. The van der Waals surface area contributed by atoms with E-state index >= 15 is 0 Å². The van der Waals surface area contributed by atoms with Gasteiger partial charge in [0.2, 0.25) is 0 Å². The molecule has 0 radical (unpaired) electrons. The molecule has 3 aromatic carbocycles. The van der Waals surface area contributed by atoms with E-state index in [-0.39, 0.29) is 16.6 Å². The summed E-state index contributed by atoms with van der Waals surface area (Å²) in [6, 6.07) is 16.0. The summed E-state index contributed by atoms with van der Waals surface area (Å²) in [6.45, 7) is 2.35. The van der Waals surface area contributed by atoms with Crippen molar-refractivity contribution in [3.8, 4) is 17.2 Å². The van der Waals surface area contributed by atoms with E-state index < -0.39 is 16.7 Å². The second kappa shape index (κ2) is 12.9. The zero-order valence-electron chi connectivity index (χ0n) is 21.2. The molecule has 2 amide bonds. The number of nitro benzene ring substituents is 1. The molecular weight excluding hydrogens is 622 g/mol. The fourth-order valence-electron chi connectivity index (χ4n) is 3.57. The Labute approximate surface area is 247 Å². The molecule has 0 aromatic heterocycles. The van der Waals surface area contributed by atoms with Crippen molar-refractivity contribution in [3.63, 3.8) is 0 Å². The Kier molecular flexibility index (Phi) is 9.40. The molecular formula is C27H22BrN3O7S2. The van der Waals surface area contributed by atoms with E-state index in [1.807, 2.05) is 6.92 Å². The van der Waals surface area contributed by atoms with E-state index in [9.17, 15) is 19.7 Å². The summed E-state index contributed by atoms with van der Waals surface area (Å²) in [7, 11) is 1.53. The predicted octanol–water partition coefficient (Wildman–Crippen LogP) is 5.89. The summed E-state index contributed by atoms with van der Waals surface area (Å²) >= 11 is 9.91. The minimum absolute atomic E-state index is 0.00463. The van der Waals surface area contributed by atoms with Gasteiger partial charge in [0.15, 0.2) is 15.8 Å². The summed E-state index contributed by atoms with van der Waals surface area (Å²) in [5.41, 5.74) is 4.27. The van der Waals surface area contributed by atoms with Crippen molar-refractivity contribution >= 4 is 67.8 Å². The number of benzene rings is 3. The van der Waals surface area contributed by atoms with E-state index in [1.165, 1.54) is 19.2 Å². The lowest BCUT2D eigenvalue weighted by Gasteiger charge is -2.16. The third-order valence-electron chi connectivity index (χ3n) is 5.52. The number of methoxy groups -OCH3 is 1. The van der Waals surface area contributed by atoms with E-state index in [1.54, 1.807) is 54.6 Å². The third kappa shape index (κ3) is 6.79. The topological polar surface area (TPSA) is 120 Å². The quantitative estimate of drug-likeness (QED) is 0.125. The third-order valence-corrected chi connectivity index (χ3v) is 7.41. The lowest BCUT2D eigenvalue weighted by Crippen LogP contribution is -2.44. The number of nitrogens with one attached hydrogen (secondary N) is 1. The largest absolute Gasteiger partial charge is 0.497 e. The van der Waals surface area contributed by atoms with Gasteiger partial charge in [-0.25, -0.2) is 0 Å². The number of hydrogen-bond donors (Lipinski definition) is 1. The van der Waals surface area contributed by atoms with Crippen LogP contribution in [0, 0.1) is 10.1 Å². The fraction of sp³-hybridized carbons (Fsp3) is 0.148. The maximum absolute atomic E-state index is 13.1. The second-order valence-corrected chi connectivity index (χ2v) is 10.7. The van der Waals surface area contributed by atoms with Crippen LogP contribution < -0.4 is 19.6 Å². The number of carbonyl (C=O) groups is 2. The molecule has 1 aliphatic heterocycles. The number of carbonyl (C=O) groups excluding carboxylic acids is 2. The van der Waals surface area contributed by atoms with Crippen LogP contribution in [0.4, 0.5) is 5.69 Å². The molecule has 3 aromatic rings. The number of halogens is 1. The van der Waals surface area contributed by atoms with Gasteiger partial charge in [0.05, 0.1) is 28.0 Å². The minimum Gasteiger partial charge on any atom is -0.497 e. The first-order valence-corrected chi connectivity index (χ1v) is 13.8. The SMILES string of the molecule is CCOc1cc(/C=C2/SC(=S)N(NC(=O)c3ccc(OC)cc3)C2=O)cc(Br)c1OCc1ccc([N+](=O)[O-])cc1. The first-order valence-electron chi connectivity index (χ1n) is 11.8. The second-order valence-electron chi connectivity index (χ2n) is 8.16. The number of amides is 2. The molecule has 1 saturated heterocycles. The highest BCUT2D eigenvalue weighted by Crippen LogP contribution is 2.39. The summed E-state index contributed by atoms with van der Waals surface area (Å²) < 4.78 is 17.6. The highest BCUT2D eigenvalue weighted by Gasteiger charge is 2.34. The molecule has 4 rings (SSSR count). The van der Waals surface area contributed by atoms with Crippen LogP contribution in [0.5, 0.6) is 17.2 Å². The van der Waals surface area contributed by atoms with Crippen molar-refractivity contribution < 1.29 is 28.7 Å². The molecule has 1 heterocycles. The smallest absolute Gasteiger partial charge is 0.285 e. The molecule has 1 fully saturated rings. The maximum atomic E-state index is 13.1. The van der Waals surface area contributed by atoms with E-state index in [0.717, 1.165) is 22.3 Å². The van der Waals surface area contributed by atoms with Crippen molar-refractivity contribution in [2.75, 3.05) is 13.7 Å². The van der Waals surface area contributed by atoms with Crippen LogP contribution in [0.25, 0.3) is 6.08 Å². The molecule has 1 N–H and O–H groups in total. The highest BCUT2D eigenvalue weighted by atomic mass is 79.9. The molecule has 206 valence electrons. The normalized spacial score (nSPS) is 13.9. The Morgan fingerprint density at radius 3 is 2.48 bits per heavy atom. The van der Waals surface area contributed by atoms with Gasteiger partial charge in [-0.3, -0.25) is 25.1 Å². The number of hydrazine groups is 1. The summed E-state index contributed by atoms with van der Waals surface area (Å²) in [5.74, 6) is 0.524. The molecule has 0 atom stereocenters. The molecule has 0 aliphatic carbocycles. The van der Waals surface area contributed by atoms with Crippen LogP contribution in [-0.4, -0.2) is 39.8 Å². The molecule has 0 saturated carbocycles. The van der Waals surface area contributed by atoms with E-state index in [2.05, 4.69) is 21.4 Å². The number of thioether (sulfide) groups is 1. The lowest BCUT2D eigenvalue weighted by atomic mass is 10.1. The van der Waals surface area contributed by atoms with Crippen molar-refractivity contribution in [2.45, 2.75) is 13.5 Å². The number of non-ortho nitro benzene ring substituents is 1. The van der Waals surface area contributed by atoms with Gasteiger partial charge in [-0.05, 0) is 101 Å². The zero-order chi connectivity index (χ0) is 28.8. The van der Waals surface area contributed by atoms with Gasteiger partial charge in [0, 0.05) is 17.7 Å². The van der Waals surface area contributed by atoms with Crippen LogP contribution in [0.1, 0.15) is 28.4 Å². The molecule has 0 unspecified atom stereocenters. The van der Waals surface area contributed by atoms with E-state index in [4.69, 9.17) is 26.4 Å². The average Bonchev–Trinajstić information content (AvgIpc) is 3.20. The zero-order valence-corrected chi connectivity index (χ0v) is 24.4. The van der Waals surface area contributed by atoms with Gasteiger partial charge >= 0.3 is 0 Å². The Balaban J connectivity index is 1.50. The number of ether oxygens (including phenoxy) is 3. The molecule has 10 nitrogen and oxygen atoms in total. The van der Waals surface area contributed by atoms with Crippen molar-refractivity contribution in [1.29, 1.82) is 0 Å². The Morgan fingerprint density at radius 2 is 1.85 bits per heavy atom. The van der Waals surface area contributed by atoms with Crippen molar-refractivity contribution in [2.24, 2.45) is 0 Å². The summed E-state index contributed by atoms with van der Waals surface area (Å²) in [4.78, 5) is 36.5. The summed E-state index contributed by atoms with van der Waals surface area (Å²) in [6.07, 6.45) is 1.65. The number of thiocarbonyl (C=S) groups is 1. The standard InChI is InChI=1S/C27H22BrN3O7S2/c1-3-37-22-13-17(12-21(28)24(22)38-15-16-4-8-19(9-5-16)31(34)35)14-23-26(33)30(27(39)40-23)29-25(32)18-6-10-20(36-2)11-7-18/h4-14H,3,15H2,1-2H3,(H,29,32)/b23-14+. The number of hydrogen-bond acceptors (Lipinski definition) is 9. The van der Waals surface area contributed by atoms with Gasteiger partial charge in [-0.2, -0.15) is 5.01 Å². The average molecular weight is 645 g/mol. The van der Waals surface area contributed by atoms with Gasteiger partial charge in [-0.15, -0.1) is 0 Å². The molecule has 0 bridgehead atoms. The van der Waals surface area contributed by atoms with Gasteiger partial charge < -0.3 is 14.2 Å². The first-order chi connectivity index (χ1) is 19.2. The van der Waals surface area contributed by atoms with Gasteiger partial charge in [0.1, 0.15) is 12.4 Å². The minimum atomic E-state index is -0.490.